The Bertz CT molecular complexity index is 1340. The molecule has 0 fully saturated rings. The summed E-state index contributed by atoms with van der Waals surface area (Å²) in [7, 11) is 5.91. The number of hydrogen-bond donors (Lipinski definition) is 0. The Kier molecular flexibility index (Phi) is 47.7. The van der Waals surface area contributed by atoms with Crippen molar-refractivity contribution in [1.82, 2.24) is 0 Å². The molecule has 0 bridgehead atoms. The number of esters is 2. The molecule has 0 spiro atoms. The maximum atomic E-state index is 12.8. The van der Waals surface area contributed by atoms with Crippen LogP contribution >= 0.6 is 0 Å². The van der Waals surface area contributed by atoms with Crippen molar-refractivity contribution < 1.29 is 42.9 Å². The van der Waals surface area contributed by atoms with Gasteiger partial charge in [0.2, 0.25) is 0 Å². The molecule has 0 aromatic heterocycles. The molecule has 2 unspecified atom stereocenters. The third-order valence-corrected chi connectivity index (χ3v) is 11.7. The molecular weight excluding hydrogens is 851 g/mol. The monoisotopic (exact) mass is 954 g/mol. The number of nitrogens with zero attached hydrogens (tertiary/aromatic N) is 1. The van der Waals surface area contributed by atoms with Gasteiger partial charge in [-0.2, -0.15) is 0 Å². The third kappa shape index (κ3) is 50.6. The lowest BCUT2D eigenvalue weighted by Crippen LogP contribution is -2.44. The van der Waals surface area contributed by atoms with Gasteiger partial charge >= 0.3 is 11.9 Å². The fraction of sp³-hybridized carbons (Fsp3) is 0.746. The molecule has 9 heteroatoms. The molecule has 0 saturated carbocycles. The van der Waals surface area contributed by atoms with Gasteiger partial charge in [0.05, 0.1) is 40.3 Å². The molecule has 0 aliphatic rings. The van der Waals surface area contributed by atoms with E-state index in [9.17, 15) is 19.5 Å². The first-order chi connectivity index (χ1) is 33.1. The minimum absolute atomic E-state index is 0.148. The summed E-state index contributed by atoms with van der Waals surface area (Å²) < 4.78 is 22.5. The highest BCUT2D eigenvalue weighted by atomic mass is 16.7. The van der Waals surface area contributed by atoms with E-state index in [1.807, 2.05) is 21.1 Å². The number of ether oxygens (including phenoxy) is 4. The molecule has 0 aromatic rings. The zero-order valence-corrected chi connectivity index (χ0v) is 44.5. The second-order valence-electron chi connectivity index (χ2n) is 19.5. The summed E-state index contributed by atoms with van der Waals surface area (Å²) in [6.07, 6.45) is 61.5. The van der Waals surface area contributed by atoms with E-state index < -0.39 is 24.3 Å². The van der Waals surface area contributed by atoms with E-state index in [-0.39, 0.29) is 38.6 Å². The topological polar surface area (TPSA) is 111 Å². The van der Waals surface area contributed by atoms with Gasteiger partial charge < -0.3 is 33.3 Å². The number of unbranched alkanes of at least 4 members (excludes halogenated alkanes) is 23. The highest BCUT2D eigenvalue weighted by Crippen LogP contribution is 2.16. The summed E-state index contributed by atoms with van der Waals surface area (Å²) in [6, 6.07) is 0. The Labute approximate surface area is 417 Å². The number of carbonyl (C=O) groups excluding carboxylic acids is 3. The number of carbonyl (C=O) groups is 3. The lowest BCUT2D eigenvalue weighted by Gasteiger charge is -2.26. The second kappa shape index (κ2) is 50.1. The van der Waals surface area contributed by atoms with Crippen LogP contribution in [0.1, 0.15) is 226 Å². The van der Waals surface area contributed by atoms with Crippen LogP contribution in [0, 0.1) is 0 Å². The van der Waals surface area contributed by atoms with Gasteiger partial charge in [-0.3, -0.25) is 9.59 Å². The first-order valence-corrected chi connectivity index (χ1v) is 27.6. The van der Waals surface area contributed by atoms with Gasteiger partial charge in [-0.1, -0.05) is 222 Å². The molecule has 0 saturated heterocycles. The fourth-order valence-corrected chi connectivity index (χ4v) is 7.48. The molecular formula is C59H103NO8. The summed E-state index contributed by atoms with van der Waals surface area (Å²) in [6.45, 7) is 4.56. The van der Waals surface area contributed by atoms with Crippen molar-refractivity contribution in [3.8, 4) is 0 Å². The van der Waals surface area contributed by atoms with Crippen LogP contribution in [0.15, 0.2) is 72.9 Å². The molecule has 0 rings (SSSR count). The van der Waals surface area contributed by atoms with Gasteiger partial charge in [-0.25, -0.2) is 0 Å². The predicted molar refractivity (Wildman–Crippen MR) is 283 cm³/mol. The van der Waals surface area contributed by atoms with E-state index in [1.165, 1.54) is 116 Å². The van der Waals surface area contributed by atoms with E-state index in [4.69, 9.17) is 18.9 Å². The number of rotatable bonds is 50. The maximum absolute atomic E-state index is 12.8. The summed E-state index contributed by atoms with van der Waals surface area (Å²) in [5, 5.41) is 11.7. The summed E-state index contributed by atoms with van der Waals surface area (Å²) >= 11 is 0. The molecule has 392 valence electrons. The summed E-state index contributed by atoms with van der Waals surface area (Å²) in [5.41, 5.74) is 0. The van der Waals surface area contributed by atoms with Crippen LogP contribution in [0.3, 0.4) is 0 Å². The van der Waals surface area contributed by atoms with Gasteiger partial charge in [0, 0.05) is 12.8 Å². The quantitative estimate of drug-likeness (QED) is 0.0195. The van der Waals surface area contributed by atoms with Gasteiger partial charge in [0.1, 0.15) is 13.2 Å². The van der Waals surface area contributed by atoms with E-state index >= 15 is 0 Å². The van der Waals surface area contributed by atoms with Gasteiger partial charge in [0.25, 0.3) is 0 Å². The number of carboxylic acids is 1. The smallest absolute Gasteiger partial charge is 0.306 e. The molecule has 0 aliphatic heterocycles. The van der Waals surface area contributed by atoms with Gasteiger partial charge in [0.15, 0.2) is 12.4 Å². The Balaban J connectivity index is 3.91. The van der Waals surface area contributed by atoms with E-state index in [0.29, 0.717) is 17.4 Å². The number of allylic oxidation sites excluding steroid dienone is 12. The second-order valence-corrected chi connectivity index (χ2v) is 19.5. The molecule has 0 aliphatic carbocycles. The lowest BCUT2D eigenvalue weighted by molar-refractivity contribution is -0.870. The van der Waals surface area contributed by atoms with Gasteiger partial charge in [-0.15, -0.1) is 0 Å². The Morgan fingerprint density at radius 1 is 0.456 bits per heavy atom. The van der Waals surface area contributed by atoms with Crippen molar-refractivity contribution in [3.63, 3.8) is 0 Å². The van der Waals surface area contributed by atoms with E-state index in [1.54, 1.807) is 0 Å². The predicted octanol–water partition coefficient (Wildman–Crippen LogP) is 14.5. The van der Waals surface area contributed by atoms with Crippen LogP contribution in [0.4, 0.5) is 0 Å². The van der Waals surface area contributed by atoms with Crippen molar-refractivity contribution in [2.45, 2.75) is 238 Å². The minimum atomic E-state index is -1.62. The first kappa shape index (κ1) is 64.7. The highest BCUT2D eigenvalue weighted by molar-refractivity contribution is 5.70. The average Bonchev–Trinajstić information content (AvgIpc) is 3.30. The molecule has 0 N–H and O–H groups in total. The van der Waals surface area contributed by atoms with Crippen LogP contribution in [0.5, 0.6) is 0 Å². The van der Waals surface area contributed by atoms with Crippen LogP contribution in [-0.4, -0.2) is 82.3 Å². The zero-order valence-electron chi connectivity index (χ0n) is 44.5. The Morgan fingerprint density at radius 2 is 0.838 bits per heavy atom. The number of hydrogen-bond acceptors (Lipinski definition) is 8. The van der Waals surface area contributed by atoms with E-state index in [0.717, 1.165) is 77.0 Å². The number of carboxylic acid groups (broad SMARTS) is 1. The largest absolute Gasteiger partial charge is 0.545 e. The first-order valence-electron chi connectivity index (χ1n) is 27.6. The Hall–Kier alpha value is -3.27. The fourth-order valence-electron chi connectivity index (χ4n) is 7.48. The van der Waals surface area contributed by atoms with Crippen molar-refractivity contribution in [2.24, 2.45) is 0 Å². The molecule has 9 nitrogen and oxygen atoms in total. The van der Waals surface area contributed by atoms with Crippen LogP contribution < -0.4 is 5.11 Å². The maximum Gasteiger partial charge on any atom is 0.306 e. The zero-order chi connectivity index (χ0) is 49.9. The van der Waals surface area contributed by atoms with Crippen molar-refractivity contribution >= 4 is 17.9 Å². The average molecular weight is 954 g/mol. The number of aliphatic carboxylic acids is 1. The highest BCUT2D eigenvalue weighted by Gasteiger charge is 2.22. The van der Waals surface area contributed by atoms with Crippen LogP contribution in [-0.2, 0) is 33.3 Å². The molecule has 0 radical (unpaired) electrons. The molecule has 0 amide bonds. The van der Waals surface area contributed by atoms with Gasteiger partial charge in [-0.05, 0) is 64.2 Å². The summed E-state index contributed by atoms with van der Waals surface area (Å²) in [4.78, 5) is 36.8. The Morgan fingerprint density at radius 3 is 1.25 bits per heavy atom. The van der Waals surface area contributed by atoms with Crippen LogP contribution in [0.25, 0.3) is 0 Å². The number of quaternary nitrogens is 1. The van der Waals surface area contributed by atoms with Crippen LogP contribution in [0.2, 0.25) is 0 Å². The lowest BCUT2D eigenvalue weighted by atomic mass is 10.0. The molecule has 0 heterocycles. The molecule has 68 heavy (non-hydrogen) atoms. The summed E-state index contributed by atoms with van der Waals surface area (Å²) in [5.74, 6) is -2.29. The normalized spacial score (nSPS) is 13.4. The van der Waals surface area contributed by atoms with Crippen molar-refractivity contribution in [2.75, 3.05) is 47.5 Å². The van der Waals surface area contributed by atoms with E-state index in [2.05, 4.69) is 86.8 Å². The number of likely N-dealkylation sites (N-methyl/N-ethyl adjacent to an activating group) is 1. The third-order valence-electron chi connectivity index (χ3n) is 11.7. The van der Waals surface area contributed by atoms with Crippen molar-refractivity contribution in [1.29, 1.82) is 0 Å². The standard InChI is InChI=1S/C59H103NO8/c1-6-8-10-12-14-15-16-17-18-19-20-21-22-23-24-25-26-27-28-29-30-31-32-33-34-35-36-37-38-39-40-41-42-43-44-46-48-50-57(62)68-55(53-66-56(61)49-47-45-13-11-9-7-2)54-67-59(58(63)64)65-52-51-60(3,4)5/h8,10,14-15,17-18,20-21,23-24,26-27,55,59H,6-7,9,11-13,16,19,22,25,28-54H2,1-5H3/b10-8-,15-14-,18-17-,21-20-,24-23-,27-26-. The van der Waals surface area contributed by atoms with Crippen molar-refractivity contribution in [3.05, 3.63) is 72.9 Å². The molecule has 2 atom stereocenters. The molecule has 0 aromatic carbocycles. The SMILES string of the molecule is CC/C=C\C/C=C\C/C=C\C/C=C\C/C=C\C/C=C\CCCCCCCCCCCCCCCCCCCCC(=O)OC(COC(=O)CCCCCCCC)COC(OCC[N+](C)(C)C)C(=O)[O-]. The minimum Gasteiger partial charge on any atom is -0.545 e.